The summed E-state index contributed by atoms with van der Waals surface area (Å²) in [6, 6.07) is 6.18. The molecular formula is C13H15ClN2O. The Morgan fingerprint density at radius 2 is 1.94 bits per heavy atom. The van der Waals surface area contributed by atoms with E-state index in [-0.39, 0.29) is 0 Å². The Kier molecular flexibility index (Phi) is 2.73. The van der Waals surface area contributed by atoms with Crippen molar-refractivity contribution in [1.29, 1.82) is 0 Å². The zero-order chi connectivity index (χ0) is 11.8. The molecule has 1 aromatic heterocycles. The van der Waals surface area contributed by atoms with Crippen LogP contribution in [0.15, 0.2) is 24.4 Å². The Balaban J connectivity index is 2.15. The standard InChI is InChI=1S/C13H15ClN2O/c1-15-5-4-10-12(15)3-2-11(14)13(10)16-6-8-17-9-7-16/h2-5H,6-9H2,1H3. The van der Waals surface area contributed by atoms with Gasteiger partial charge in [-0.05, 0) is 18.2 Å². The fourth-order valence-electron chi connectivity index (χ4n) is 2.42. The number of fused-ring (bicyclic) bond motifs is 1. The quantitative estimate of drug-likeness (QED) is 0.774. The number of aryl methyl sites for hydroxylation is 1. The van der Waals surface area contributed by atoms with Crippen molar-refractivity contribution in [2.45, 2.75) is 0 Å². The maximum Gasteiger partial charge on any atom is 0.0652 e. The SMILES string of the molecule is Cn1ccc2c(N3CCOCC3)c(Cl)ccc21. The normalized spacial score (nSPS) is 16.7. The molecule has 3 rings (SSSR count). The molecule has 0 amide bonds. The second-order valence-corrected chi connectivity index (χ2v) is 4.76. The van der Waals surface area contributed by atoms with Crippen molar-refractivity contribution in [2.75, 3.05) is 31.2 Å². The molecule has 0 spiro atoms. The first-order valence-electron chi connectivity index (χ1n) is 5.83. The highest BCUT2D eigenvalue weighted by molar-refractivity contribution is 6.35. The van der Waals surface area contributed by atoms with Gasteiger partial charge in [-0.1, -0.05) is 11.6 Å². The summed E-state index contributed by atoms with van der Waals surface area (Å²) in [4.78, 5) is 2.31. The van der Waals surface area contributed by atoms with Crippen LogP contribution in [0.4, 0.5) is 5.69 Å². The minimum absolute atomic E-state index is 0.777. The van der Waals surface area contributed by atoms with Gasteiger partial charge in [0.25, 0.3) is 0 Å². The van der Waals surface area contributed by atoms with E-state index in [2.05, 4.69) is 34.8 Å². The molecule has 0 saturated carbocycles. The average Bonchev–Trinajstić information content (AvgIpc) is 2.72. The molecule has 1 aliphatic rings. The molecule has 3 nitrogen and oxygen atoms in total. The van der Waals surface area contributed by atoms with Crippen molar-refractivity contribution in [3.8, 4) is 0 Å². The van der Waals surface area contributed by atoms with Crippen LogP contribution in [0, 0.1) is 0 Å². The number of hydrogen-bond donors (Lipinski definition) is 0. The third kappa shape index (κ3) is 1.79. The molecule has 0 N–H and O–H groups in total. The number of anilines is 1. The third-order valence-corrected chi connectivity index (χ3v) is 3.62. The van der Waals surface area contributed by atoms with Gasteiger partial charge >= 0.3 is 0 Å². The molecule has 0 bridgehead atoms. The Labute approximate surface area is 106 Å². The average molecular weight is 251 g/mol. The molecule has 1 aliphatic heterocycles. The number of aromatic nitrogens is 1. The number of halogens is 1. The molecular weight excluding hydrogens is 236 g/mol. The molecule has 1 saturated heterocycles. The van der Waals surface area contributed by atoms with E-state index in [1.165, 1.54) is 10.9 Å². The van der Waals surface area contributed by atoms with Gasteiger partial charge in [-0.3, -0.25) is 0 Å². The lowest BCUT2D eigenvalue weighted by atomic mass is 10.2. The van der Waals surface area contributed by atoms with E-state index in [9.17, 15) is 0 Å². The zero-order valence-electron chi connectivity index (χ0n) is 9.82. The summed E-state index contributed by atoms with van der Waals surface area (Å²) in [5.41, 5.74) is 2.36. The summed E-state index contributed by atoms with van der Waals surface area (Å²) in [5.74, 6) is 0. The first-order chi connectivity index (χ1) is 8.27. The lowest BCUT2D eigenvalue weighted by molar-refractivity contribution is 0.123. The lowest BCUT2D eigenvalue weighted by Gasteiger charge is -2.30. The van der Waals surface area contributed by atoms with E-state index in [0.717, 1.165) is 37.0 Å². The van der Waals surface area contributed by atoms with Gasteiger partial charge in [-0.15, -0.1) is 0 Å². The number of hydrogen-bond acceptors (Lipinski definition) is 2. The van der Waals surface area contributed by atoms with Crippen LogP contribution < -0.4 is 4.90 Å². The number of nitrogens with zero attached hydrogens (tertiary/aromatic N) is 2. The van der Waals surface area contributed by atoms with Gasteiger partial charge < -0.3 is 14.2 Å². The second-order valence-electron chi connectivity index (χ2n) is 4.35. The summed E-state index contributed by atoms with van der Waals surface area (Å²) in [5, 5.41) is 2.05. The fraction of sp³-hybridized carbons (Fsp3) is 0.385. The van der Waals surface area contributed by atoms with Crippen LogP contribution in [0.3, 0.4) is 0 Å². The number of rotatable bonds is 1. The Morgan fingerprint density at radius 3 is 2.71 bits per heavy atom. The topological polar surface area (TPSA) is 17.4 Å². The smallest absolute Gasteiger partial charge is 0.0652 e. The Hall–Kier alpha value is -1.19. The minimum Gasteiger partial charge on any atom is -0.378 e. The van der Waals surface area contributed by atoms with Crippen molar-refractivity contribution in [2.24, 2.45) is 7.05 Å². The van der Waals surface area contributed by atoms with Crippen LogP contribution in [0.5, 0.6) is 0 Å². The minimum atomic E-state index is 0.777. The Morgan fingerprint density at radius 1 is 1.18 bits per heavy atom. The van der Waals surface area contributed by atoms with Crippen LogP contribution in [0.25, 0.3) is 10.9 Å². The van der Waals surface area contributed by atoms with Gasteiger partial charge in [0.1, 0.15) is 0 Å². The van der Waals surface area contributed by atoms with E-state index >= 15 is 0 Å². The summed E-state index contributed by atoms with van der Waals surface area (Å²) >= 11 is 6.35. The van der Waals surface area contributed by atoms with Crippen molar-refractivity contribution in [3.05, 3.63) is 29.4 Å². The molecule has 90 valence electrons. The van der Waals surface area contributed by atoms with E-state index in [0.29, 0.717) is 0 Å². The van der Waals surface area contributed by atoms with Crippen LogP contribution in [-0.2, 0) is 11.8 Å². The molecule has 0 atom stereocenters. The highest BCUT2D eigenvalue weighted by Crippen LogP contribution is 2.35. The first kappa shape index (κ1) is 10.9. The van der Waals surface area contributed by atoms with Crippen molar-refractivity contribution in [3.63, 3.8) is 0 Å². The maximum atomic E-state index is 6.35. The van der Waals surface area contributed by atoms with Crippen LogP contribution in [0.2, 0.25) is 5.02 Å². The van der Waals surface area contributed by atoms with Gasteiger partial charge in [-0.25, -0.2) is 0 Å². The van der Waals surface area contributed by atoms with E-state index in [1.807, 2.05) is 6.07 Å². The van der Waals surface area contributed by atoms with Gasteiger partial charge in [0.15, 0.2) is 0 Å². The largest absolute Gasteiger partial charge is 0.378 e. The molecule has 0 aliphatic carbocycles. The van der Waals surface area contributed by atoms with Crippen molar-refractivity contribution in [1.82, 2.24) is 4.57 Å². The Bertz CT molecular complexity index is 544. The molecule has 1 fully saturated rings. The highest BCUT2D eigenvalue weighted by Gasteiger charge is 2.17. The second kappa shape index (κ2) is 4.24. The predicted octanol–water partition coefficient (Wildman–Crippen LogP) is 2.67. The molecule has 1 aromatic carbocycles. The van der Waals surface area contributed by atoms with E-state index in [1.54, 1.807) is 0 Å². The van der Waals surface area contributed by atoms with E-state index in [4.69, 9.17) is 16.3 Å². The maximum absolute atomic E-state index is 6.35. The van der Waals surface area contributed by atoms with Gasteiger partial charge in [0, 0.05) is 37.2 Å². The molecule has 0 unspecified atom stereocenters. The van der Waals surface area contributed by atoms with Gasteiger partial charge in [0.05, 0.1) is 23.9 Å². The van der Waals surface area contributed by atoms with Crippen molar-refractivity contribution < 1.29 is 4.74 Å². The number of morpholine rings is 1. The lowest BCUT2D eigenvalue weighted by Crippen LogP contribution is -2.36. The van der Waals surface area contributed by atoms with Crippen LogP contribution in [0.1, 0.15) is 0 Å². The summed E-state index contributed by atoms with van der Waals surface area (Å²) in [7, 11) is 2.05. The first-order valence-corrected chi connectivity index (χ1v) is 6.21. The van der Waals surface area contributed by atoms with Crippen LogP contribution in [-0.4, -0.2) is 30.9 Å². The summed E-state index contributed by atoms with van der Waals surface area (Å²) in [6.45, 7) is 3.38. The highest BCUT2D eigenvalue weighted by atomic mass is 35.5. The monoisotopic (exact) mass is 250 g/mol. The van der Waals surface area contributed by atoms with E-state index < -0.39 is 0 Å². The molecule has 17 heavy (non-hydrogen) atoms. The fourth-order valence-corrected chi connectivity index (χ4v) is 2.70. The summed E-state index contributed by atoms with van der Waals surface area (Å²) < 4.78 is 7.51. The van der Waals surface area contributed by atoms with Gasteiger partial charge in [-0.2, -0.15) is 0 Å². The van der Waals surface area contributed by atoms with Crippen molar-refractivity contribution >= 4 is 28.2 Å². The molecule has 2 heterocycles. The molecule has 4 heteroatoms. The third-order valence-electron chi connectivity index (χ3n) is 3.32. The van der Waals surface area contributed by atoms with Gasteiger partial charge in [0.2, 0.25) is 0 Å². The van der Waals surface area contributed by atoms with Crippen LogP contribution >= 0.6 is 11.6 Å². The zero-order valence-corrected chi connectivity index (χ0v) is 10.6. The summed E-state index contributed by atoms with van der Waals surface area (Å²) in [6.07, 6.45) is 2.07. The number of ether oxygens (including phenoxy) is 1. The number of benzene rings is 1. The predicted molar refractivity (Wildman–Crippen MR) is 71.0 cm³/mol. The molecule has 0 radical (unpaired) electrons. The molecule has 2 aromatic rings.